The standard InChI is InChI=1S/C23H42O11/c1-5-12(3)16(7-14(25)9-19(27)28)32-20(29)10-15(26)8-17(13(4)6-2)33-23-22(31)21(30)18(11-24)34-23/h12-18,21-26,30-31H,5-11H2,1-4H3,(H,27,28)/t12-,13-,14-,15+,16-,17-,18+,21-,22-,23+/m0/s1. The first-order chi connectivity index (χ1) is 15.9. The first-order valence-electron chi connectivity index (χ1n) is 12.0. The Kier molecular flexibility index (Phi) is 13.5. The quantitative estimate of drug-likeness (QED) is 0.161. The van der Waals surface area contributed by atoms with Crippen molar-refractivity contribution < 1.29 is 54.4 Å². The van der Waals surface area contributed by atoms with E-state index >= 15 is 0 Å². The van der Waals surface area contributed by atoms with Crippen molar-refractivity contribution in [2.75, 3.05) is 6.61 Å². The average molecular weight is 495 g/mol. The van der Waals surface area contributed by atoms with E-state index in [0.29, 0.717) is 12.8 Å². The van der Waals surface area contributed by atoms with Crippen molar-refractivity contribution in [3.8, 4) is 0 Å². The highest BCUT2D eigenvalue weighted by Gasteiger charge is 2.44. The van der Waals surface area contributed by atoms with Crippen LogP contribution in [0.15, 0.2) is 0 Å². The van der Waals surface area contributed by atoms with Gasteiger partial charge >= 0.3 is 11.9 Å². The van der Waals surface area contributed by atoms with Crippen LogP contribution in [0.3, 0.4) is 0 Å². The highest BCUT2D eigenvalue weighted by molar-refractivity contribution is 5.70. The monoisotopic (exact) mass is 494 g/mol. The van der Waals surface area contributed by atoms with Gasteiger partial charge in [-0.15, -0.1) is 0 Å². The number of carbonyl (C=O) groups excluding carboxylic acids is 1. The molecule has 1 heterocycles. The predicted molar refractivity (Wildman–Crippen MR) is 120 cm³/mol. The van der Waals surface area contributed by atoms with Crippen LogP contribution in [0.25, 0.3) is 0 Å². The van der Waals surface area contributed by atoms with Crippen molar-refractivity contribution in [3.05, 3.63) is 0 Å². The fraction of sp³-hybridized carbons (Fsp3) is 0.913. The minimum Gasteiger partial charge on any atom is -0.481 e. The second kappa shape index (κ2) is 14.9. The van der Waals surface area contributed by atoms with Crippen LogP contribution < -0.4 is 0 Å². The molecule has 0 bridgehead atoms. The highest BCUT2D eigenvalue weighted by Crippen LogP contribution is 2.28. The Morgan fingerprint density at radius 2 is 1.44 bits per heavy atom. The van der Waals surface area contributed by atoms with Gasteiger partial charge in [0, 0.05) is 12.8 Å². The molecule has 0 amide bonds. The number of hydrogen-bond acceptors (Lipinski definition) is 10. The predicted octanol–water partition coefficient (Wildman–Crippen LogP) is 0.181. The van der Waals surface area contributed by atoms with Crippen molar-refractivity contribution in [2.24, 2.45) is 11.8 Å². The third-order valence-electron chi connectivity index (χ3n) is 6.47. The summed E-state index contributed by atoms with van der Waals surface area (Å²) < 4.78 is 16.7. The first kappa shape index (κ1) is 30.7. The lowest BCUT2D eigenvalue weighted by Gasteiger charge is -2.30. The number of hydrogen-bond donors (Lipinski definition) is 6. The fourth-order valence-electron chi connectivity index (χ4n) is 3.81. The number of esters is 1. The zero-order valence-electron chi connectivity index (χ0n) is 20.4. The van der Waals surface area contributed by atoms with Gasteiger partial charge in [-0.3, -0.25) is 9.59 Å². The Balaban J connectivity index is 2.71. The van der Waals surface area contributed by atoms with E-state index in [0.717, 1.165) is 0 Å². The van der Waals surface area contributed by atoms with Gasteiger partial charge in [0.2, 0.25) is 0 Å². The maximum absolute atomic E-state index is 12.5. The van der Waals surface area contributed by atoms with E-state index in [1.54, 1.807) is 0 Å². The minimum atomic E-state index is -1.36. The Morgan fingerprint density at radius 1 is 0.912 bits per heavy atom. The third-order valence-corrected chi connectivity index (χ3v) is 6.47. The van der Waals surface area contributed by atoms with Gasteiger partial charge in [-0.25, -0.2) is 0 Å². The summed E-state index contributed by atoms with van der Waals surface area (Å²) in [5, 5.41) is 58.6. The van der Waals surface area contributed by atoms with Gasteiger partial charge in [0.15, 0.2) is 6.29 Å². The molecule has 0 aromatic carbocycles. The van der Waals surface area contributed by atoms with Gasteiger partial charge in [-0.05, 0) is 11.8 Å². The molecule has 10 atom stereocenters. The molecule has 34 heavy (non-hydrogen) atoms. The molecule has 200 valence electrons. The molecule has 1 fully saturated rings. The van der Waals surface area contributed by atoms with Crippen LogP contribution in [0.1, 0.15) is 66.2 Å². The largest absolute Gasteiger partial charge is 0.481 e. The zero-order valence-corrected chi connectivity index (χ0v) is 20.4. The second-order valence-corrected chi connectivity index (χ2v) is 9.26. The Bertz CT molecular complexity index is 616. The number of rotatable bonds is 16. The van der Waals surface area contributed by atoms with Crippen LogP contribution in [0, 0.1) is 11.8 Å². The van der Waals surface area contributed by atoms with Crippen molar-refractivity contribution >= 4 is 11.9 Å². The number of aliphatic hydroxyl groups is 5. The SMILES string of the molecule is CC[C@H](C)[C@H](C[C@H](O)CC(=O)O)OC(=O)C[C@H](O)C[C@H](O[C@@H]1O[C@H](CO)[C@H](O)[C@@H]1O)[C@@H](C)CC. The summed E-state index contributed by atoms with van der Waals surface area (Å²) >= 11 is 0. The molecule has 0 spiro atoms. The third kappa shape index (κ3) is 9.73. The van der Waals surface area contributed by atoms with E-state index in [4.69, 9.17) is 19.3 Å². The first-order valence-corrected chi connectivity index (χ1v) is 12.0. The van der Waals surface area contributed by atoms with Crippen LogP contribution in [0.2, 0.25) is 0 Å². The Morgan fingerprint density at radius 3 is 1.94 bits per heavy atom. The van der Waals surface area contributed by atoms with Gasteiger partial charge in [0.25, 0.3) is 0 Å². The molecule has 0 saturated carbocycles. The lowest BCUT2D eigenvalue weighted by molar-refractivity contribution is -0.208. The van der Waals surface area contributed by atoms with Gasteiger partial charge < -0.3 is 44.8 Å². The van der Waals surface area contributed by atoms with Crippen molar-refractivity contribution in [3.63, 3.8) is 0 Å². The molecular formula is C23H42O11. The summed E-state index contributed by atoms with van der Waals surface area (Å²) in [6.07, 6.45) is -7.89. The molecule has 1 saturated heterocycles. The number of carbonyl (C=O) groups is 2. The molecule has 1 aliphatic rings. The van der Waals surface area contributed by atoms with E-state index in [1.165, 1.54) is 0 Å². The molecule has 1 aliphatic heterocycles. The molecule has 11 heteroatoms. The lowest BCUT2D eigenvalue weighted by Crippen LogP contribution is -2.39. The maximum Gasteiger partial charge on any atom is 0.308 e. The van der Waals surface area contributed by atoms with Crippen LogP contribution in [0.4, 0.5) is 0 Å². The van der Waals surface area contributed by atoms with Gasteiger partial charge in [0.1, 0.15) is 24.4 Å². The number of carboxylic acid groups (broad SMARTS) is 1. The zero-order chi connectivity index (χ0) is 26.0. The molecule has 0 aromatic heterocycles. The summed E-state index contributed by atoms with van der Waals surface area (Å²) in [7, 11) is 0. The minimum absolute atomic E-state index is 0.0208. The van der Waals surface area contributed by atoms with E-state index in [9.17, 15) is 35.1 Å². The molecule has 0 aromatic rings. The van der Waals surface area contributed by atoms with Crippen LogP contribution >= 0.6 is 0 Å². The smallest absolute Gasteiger partial charge is 0.308 e. The fourth-order valence-corrected chi connectivity index (χ4v) is 3.81. The molecule has 1 rings (SSSR count). The lowest BCUT2D eigenvalue weighted by atomic mass is 9.94. The molecule has 0 aliphatic carbocycles. The maximum atomic E-state index is 12.5. The van der Waals surface area contributed by atoms with E-state index in [1.807, 2.05) is 27.7 Å². The topological polar surface area (TPSA) is 183 Å². The van der Waals surface area contributed by atoms with E-state index in [-0.39, 0.29) is 31.1 Å². The van der Waals surface area contributed by atoms with Crippen molar-refractivity contribution in [1.29, 1.82) is 0 Å². The number of ether oxygens (including phenoxy) is 3. The summed E-state index contributed by atoms with van der Waals surface area (Å²) in [5.74, 6) is -2.03. The number of carboxylic acids is 1. The van der Waals surface area contributed by atoms with Gasteiger partial charge in [-0.2, -0.15) is 0 Å². The molecule has 6 N–H and O–H groups in total. The second-order valence-electron chi connectivity index (χ2n) is 9.26. The van der Waals surface area contributed by atoms with Crippen LogP contribution in [-0.4, -0.2) is 98.2 Å². The summed E-state index contributed by atoms with van der Waals surface area (Å²) in [5.41, 5.74) is 0. The number of aliphatic hydroxyl groups excluding tert-OH is 5. The molecule has 0 unspecified atom stereocenters. The van der Waals surface area contributed by atoms with Crippen molar-refractivity contribution in [2.45, 2.75) is 115 Å². The van der Waals surface area contributed by atoms with Gasteiger partial charge in [0.05, 0.1) is 37.8 Å². The molecule has 11 nitrogen and oxygen atoms in total. The van der Waals surface area contributed by atoms with Crippen LogP contribution in [-0.2, 0) is 23.8 Å². The summed E-state index contributed by atoms with van der Waals surface area (Å²) in [4.78, 5) is 23.3. The summed E-state index contributed by atoms with van der Waals surface area (Å²) in [6, 6.07) is 0. The van der Waals surface area contributed by atoms with E-state index in [2.05, 4.69) is 0 Å². The van der Waals surface area contributed by atoms with E-state index < -0.39 is 74.0 Å². The van der Waals surface area contributed by atoms with Crippen LogP contribution in [0.5, 0.6) is 0 Å². The normalized spacial score (nSPS) is 28.0. The molecule has 0 radical (unpaired) electrons. The number of aliphatic carboxylic acids is 1. The average Bonchev–Trinajstić information content (AvgIpc) is 3.04. The highest BCUT2D eigenvalue weighted by atomic mass is 16.7. The summed E-state index contributed by atoms with van der Waals surface area (Å²) in [6.45, 7) is 7.02. The molecular weight excluding hydrogens is 452 g/mol. The Hall–Kier alpha value is -1.34. The van der Waals surface area contributed by atoms with Gasteiger partial charge in [-0.1, -0.05) is 40.5 Å². The Labute approximate surface area is 200 Å². The van der Waals surface area contributed by atoms with Crippen molar-refractivity contribution in [1.82, 2.24) is 0 Å².